The Balaban J connectivity index is 1.73. The van der Waals surface area contributed by atoms with E-state index in [1.165, 1.54) is 20.2 Å². The van der Waals surface area contributed by atoms with E-state index >= 15 is 0 Å². The Bertz CT molecular complexity index is 1280. The number of aliphatic hydroxyl groups excluding tert-OH is 2. The number of ether oxygens (including phenoxy) is 3. The SMILES string of the molecule is COC[C@H]1OC(=O)/C(=C/Nc2ccccc2)C2=C(O)C(=O)C3=C([C@H](OC(C)=O)C[C@@]4(C)C3CC[C@@H]4O)[C@]21C. The summed E-state index contributed by atoms with van der Waals surface area (Å²) in [6.07, 6.45) is 0.276. The van der Waals surface area contributed by atoms with Crippen molar-refractivity contribution in [1.82, 2.24) is 0 Å². The lowest BCUT2D eigenvalue weighted by molar-refractivity contribution is -0.160. The third-order valence-electron chi connectivity index (χ3n) is 8.81. The lowest BCUT2D eigenvalue weighted by atomic mass is 9.53. The standard InChI is InChI=1S/C29H33NO8/c1-15(31)37-19-12-28(2)18(10-11-20(28)32)22-24(19)29(3)21(14-36-4)38-27(35)17(23(29)26(34)25(22)33)13-30-16-8-6-5-7-9-16/h5-9,13,18-21,30,32,34H,10-12,14H2,1-4H3/b17-13+/t18?,19-,20+,21-,28+,29+/m1/s1. The largest absolute Gasteiger partial charge is 0.504 e. The third-order valence-corrected chi connectivity index (χ3v) is 8.81. The molecular weight excluding hydrogens is 490 g/mol. The van der Waals surface area contributed by atoms with E-state index in [1.807, 2.05) is 37.3 Å². The van der Waals surface area contributed by atoms with Gasteiger partial charge in [-0.15, -0.1) is 0 Å². The molecule has 3 N–H and O–H groups in total. The molecule has 1 saturated heterocycles. The van der Waals surface area contributed by atoms with Gasteiger partial charge < -0.3 is 29.7 Å². The van der Waals surface area contributed by atoms with Crippen LogP contribution in [0.3, 0.4) is 0 Å². The highest BCUT2D eigenvalue weighted by Crippen LogP contribution is 2.63. The number of anilines is 1. The van der Waals surface area contributed by atoms with Crippen molar-refractivity contribution in [1.29, 1.82) is 0 Å². The van der Waals surface area contributed by atoms with Gasteiger partial charge >= 0.3 is 11.9 Å². The third kappa shape index (κ3) is 3.79. The van der Waals surface area contributed by atoms with Crippen molar-refractivity contribution >= 4 is 23.4 Å². The highest BCUT2D eigenvalue weighted by Gasteiger charge is 2.64. The van der Waals surface area contributed by atoms with Gasteiger partial charge in [-0.2, -0.15) is 0 Å². The zero-order valence-electron chi connectivity index (χ0n) is 21.9. The molecule has 0 spiro atoms. The first-order chi connectivity index (χ1) is 18.0. The lowest BCUT2D eigenvalue weighted by Crippen LogP contribution is -2.57. The van der Waals surface area contributed by atoms with Crippen molar-refractivity contribution in [3.05, 3.63) is 64.6 Å². The fraction of sp³-hybridized carbons (Fsp3) is 0.483. The number of nitrogens with one attached hydrogen (secondary N) is 1. The van der Waals surface area contributed by atoms with Crippen molar-refractivity contribution in [2.75, 3.05) is 19.0 Å². The van der Waals surface area contributed by atoms with E-state index in [0.29, 0.717) is 36.1 Å². The molecule has 9 nitrogen and oxygen atoms in total. The van der Waals surface area contributed by atoms with Gasteiger partial charge in [-0.3, -0.25) is 9.59 Å². The Labute approximate surface area is 221 Å². The Morgan fingerprint density at radius 3 is 2.58 bits per heavy atom. The first-order valence-corrected chi connectivity index (χ1v) is 12.8. The summed E-state index contributed by atoms with van der Waals surface area (Å²) >= 11 is 0. The van der Waals surface area contributed by atoms with Gasteiger partial charge in [0.25, 0.3) is 0 Å². The van der Waals surface area contributed by atoms with E-state index in [1.54, 1.807) is 6.92 Å². The molecule has 3 aliphatic carbocycles. The zero-order chi connectivity index (χ0) is 27.4. The predicted molar refractivity (Wildman–Crippen MR) is 137 cm³/mol. The van der Waals surface area contributed by atoms with Crippen LogP contribution in [0.2, 0.25) is 0 Å². The molecule has 5 rings (SSSR count). The minimum atomic E-state index is -1.24. The number of rotatable bonds is 5. The molecule has 9 heteroatoms. The fourth-order valence-electron chi connectivity index (χ4n) is 6.98. The van der Waals surface area contributed by atoms with Crippen LogP contribution in [0.1, 0.15) is 40.0 Å². The summed E-state index contributed by atoms with van der Waals surface area (Å²) in [4.78, 5) is 39.5. The van der Waals surface area contributed by atoms with Crippen molar-refractivity contribution in [2.24, 2.45) is 16.7 Å². The second kappa shape index (κ2) is 9.39. The Hall–Kier alpha value is -3.43. The molecule has 6 atom stereocenters. The van der Waals surface area contributed by atoms with Crippen LogP contribution in [0.15, 0.2) is 64.6 Å². The summed E-state index contributed by atoms with van der Waals surface area (Å²) in [5.41, 5.74) is -0.317. The Kier molecular flexibility index (Phi) is 6.47. The lowest BCUT2D eigenvalue weighted by Gasteiger charge is -2.54. The fourth-order valence-corrected chi connectivity index (χ4v) is 6.98. The molecule has 0 aromatic heterocycles. The second-order valence-electron chi connectivity index (χ2n) is 11.0. The minimum absolute atomic E-state index is 0.00229. The van der Waals surface area contributed by atoms with Gasteiger partial charge in [0.05, 0.1) is 23.7 Å². The minimum Gasteiger partial charge on any atom is -0.504 e. The van der Waals surface area contributed by atoms with Crippen molar-refractivity contribution in [3.63, 3.8) is 0 Å². The topological polar surface area (TPSA) is 131 Å². The van der Waals surface area contributed by atoms with Gasteiger partial charge in [-0.25, -0.2) is 4.79 Å². The van der Waals surface area contributed by atoms with Crippen LogP contribution in [0.25, 0.3) is 0 Å². The van der Waals surface area contributed by atoms with E-state index in [4.69, 9.17) is 14.2 Å². The van der Waals surface area contributed by atoms with Gasteiger partial charge in [-0.1, -0.05) is 25.1 Å². The van der Waals surface area contributed by atoms with Gasteiger partial charge in [0.15, 0.2) is 5.76 Å². The summed E-state index contributed by atoms with van der Waals surface area (Å²) < 4.78 is 17.1. The normalized spacial score (nSPS) is 35.4. The number of para-hydroxylation sites is 1. The van der Waals surface area contributed by atoms with E-state index in [9.17, 15) is 24.6 Å². The summed E-state index contributed by atoms with van der Waals surface area (Å²) in [5.74, 6) is -2.77. The van der Waals surface area contributed by atoms with Crippen LogP contribution in [0, 0.1) is 16.7 Å². The number of esters is 2. The molecule has 1 unspecified atom stereocenters. The molecule has 202 valence electrons. The van der Waals surface area contributed by atoms with Crippen LogP contribution < -0.4 is 5.32 Å². The quantitative estimate of drug-likeness (QED) is 0.393. The predicted octanol–water partition coefficient (Wildman–Crippen LogP) is 3.36. The smallest absolute Gasteiger partial charge is 0.340 e. The average Bonchev–Trinajstić information content (AvgIpc) is 3.16. The molecule has 4 aliphatic rings. The van der Waals surface area contributed by atoms with Crippen molar-refractivity contribution < 1.29 is 38.8 Å². The van der Waals surface area contributed by atoms with Gasteiger partial charge in [-0.05, 0) is 49.8 Å². The number of benzene rings is 1. The van der Waals surface area contributed by atoms with E-state index in [-0.39, 0.29) is 23.7 Å². The van der Waals surface area contributed by atoms with E-state index in [2.05, 4.69) is 5.32 Å². The molecule has 1 aromatic rings. The first-order valence-electron chi connectivity index (χ1n) is 12.8. The van der Waals surface area contributed by atoms with Crippen molar-refractivity contribution in [2.45, 2.75) is 58.3 Å². The monoisotopic (exact) mass is 523 g/mol. The van der Waals surface area contributed by atoms with Crippen LogP contribution in [-0.2, 0) is 28.6 Å². The second-order valence-corrected chi connectivity index (χ2v) is 11.0. The highest BCUT2D eigenvalue weighted by atomic mass is 16.6. The van der Waals surface area contributed by atoms with Crippen LogP contribution in [-0.4, -0.2) is 60.0 Å². The molecular formula is C29H33NO8. The Morgan fingerprint density at radius 1 is 1.21 bits per heavy atom. The van der Waals surface area contributed by atoms with Gasteiger partial charge in [0.2, 0.25) is 5.78 Å². The van der Waals surface area contributed by atoms with Gasteiger partial charge in [0, 0.05) is 42.5 Å². The molecule has 0 amide bonds. The number of ketones is 1. The van der Waals surface area contributed by atoms with Gasteiger partial charge in [0.1, 0.15) is 12.2 Å². The molecule has 0 radical (unpaired) electrons. The number of allylic oxidation sites excluding steroid dienone is 1. The van der Waals surface area contributed by atoms with Crippen molar-refractivity contribution in [3.8, 4) is 0 Å². The summed E-state index contributed by atoms with van der Waals surface area (Å²) in [6.45, 7) is 4.96. The molecule has 1 saturated carbocycles. The maximum atomic E-state index is 14.0. The number of fused-ring (bicyclic) bond motifs is 4. The highest BCUT2D eigenvalue weighted by molar-refractivity contribution is 6.13. The molecule has 1 heterocycles. The maximum Gasteiger partial charge on any atom is 0.340 e. The number of carbonyl (C=O) groups is 3. The number of aliphatic hydroxyl groups is 2. The Morgan fingerprint density at radius 2 is 1.92 bits per heavy atom. The van der Waals surface area contributed by atoms with E-state index in [0.717, 1.165) is 0 Å². The number of carbonyl (C=O) groups excluding carboxylic acids is 3. The summed E-state index contributed by atoms with van der Waals surface area (Å²) in [7, 11) is 1.47. The van der Waals surface area contributed by atoms with Crippen LogP contribution in [0.4, 0.5) is 5.69 Å². The molecule has 1 aromatic carbocycles. The first kappa shape index (κ1) is 26.2. The molecule has 38 heavy (non-hydrogen) atoms. The maximum absolute atomic E-state index is 14.0. The van der Waals surface area contributed by atoms with Crippen LogP contribution >= 0.6 is 0 Å². The summed E-state index contributed by atoms with van der Waals surface area (Å²) in [5, 5.41) is 25.5. The summed E-state index contributed by atoms with van der Waals surface area (Å²) in [6, 6.07) is 9.13. The number of methoxy groups -OCH3 is 1. The number of hydrogen-bond acceptors (Lipinski definition) is 9. The van der Waals surface area contributed by atoms with E-state index < -0.39 is 52.6 Å². The molecule has 2 fully saturated rings. The number of Topliss-reactive ketones (excluding diaryl/α,β-unsaturated/α-hetero) is 1. The number of cyclic esters (lactones) is 1. The zero-order valence-corrected chi connectivity index (χ0v) is 21.9. The molecule has 1 aliphatic heterocycles. The average molecular weight is 524 g/mol. The number of hydrogen-bond donors (Lipinski definition) is 3. The van der Waals surface area contributed by atoms with Crippen LogP contribution in [0.5, 0.6) is 0 Å². The molecule has 0 bridgehead atoms.